The molecule has 1 saturated heterocycles. The number of ketones is 3. The van der Waals surface area contributed by atoms with Gasteiger partial charge in [0.2, 0.25) is 0 Å². The van der Waals surface area contributed by atoms with E-state index in [-0.39, 0.29) is 47.5 Å². The number of carbonyl (C=O) groups excluding carboxylic acids is 3. The molecule has 0 radical (unpaired) electrons. The Kier molecular flexibility index (Phi) is 14.7. The van der Waals surface area contributed by atoms with Gasteiger partial charge in [-0.1, -0.05) is 53.0 Å². The Morgan fingerprint density at radius 2 is 1.34 bits per heavy atom. The molecule has 6 nitrogen and oxygen atoms in total. The average Bonchev–Trinajstić information content (AvgIpc) is 3.05. The lowest BCUT2D eigenvalue weighted by Gasteiger charge is -2.55. The lowest BCUT2D eigenvalue weighted by atomic mass is 9.52. The van der Waals surface area contributed by atoms with E-state index in [1.54, 1.807) is 25.1 Å². The van der Waals surface area contributed by atoms with Crippen LogP contribution < -0.4 is 9.47 Å². The van der Waals surface area contributed by atoms with E-state index in [9.17, 15) is 4.79 Å². The zero-order chi connectivity index (χ0) is 39.9. The molecule has 4 atom stereocenters. The molecule has 4 unspecified atom stereocenters. The third kappa shape index (κ3) is 10.6. The summed E-state index contributed by atoms with van der Waals surface area (Å²) in [5.41, 5.74) is 2.52. The minimum Gasteiger partial charge on any atom is -0.490 e. The normalized spacial score (nSPS) is 22.4. The number of hydrogen-bond acceptors (Lipinski definition) is 6. The third-order valence-electron chi connectivity index (χ3n) is 10.5. The van der Waals surface area contributed by atoms with E-state index in [0.29, 0.717) is 30.9 Å². The Labute approximate surface area is 320 Å². The number of carbonyl (C=O) groups is 3. The van der Waals surface area contributed by atoms with Crippen molar-refractivity contribution in [2.24, 2.45) is 22.7 Å². The third-order valence-corrected chi connectivity index (χ3v) is 10.5. The molecule has 1 aliphatic heterocycles. The van der Waals surface area contributed by atoms with Crippen LogP contribution in [0.2, 0.25) is 0 Å². The molecule has 1 heterocycles. The summed E-state index contributed by atoms with van der Waals surface area (Å²) in [5, 5.41) is 0. The van der Waals surface area contributed by atoms with Gasteiger partial charge in [0.25, 0.3) is 0 Å². The SMILES string of the molecule is CC(C)=CCOc1ccc(C(=O)C2=C3OC(C)(C)C(CC=C(C)C)CC3(CC(C)CC=C(C)C)C(=O)C(C)(CC=C(C)C)C2=O)cc1OCC=C(C)C. The van der Waals surface area contributed by atoms with Crippen molar-refractivity contribution >= 4 is 17.3 Å². The molecule has 6 heteroatoms. The molecule has 1 fully saturated rings. The van der Waals surface area contributed by atoms with E-state index in [4.69, 9.17) is 14.2 Å². The van der Waals surface area contributed by atoms with Gasteiger partial charge in [-0.05, 0) is 158 Å². The van der Waals surface area contributed by atoms with Crippen molar-refractivity contribution in [2.45, 2.75) is 135 Å². The van der Waals surface area contributed by atoms with Gasteiger partial charge >= 0.3 is 0 Å². The highest BCUT2D eigenvalue weighted by Crippen LogP contribution is 2.59. The van der Waals surface area contributed by atoms with Crippen molar-refractivity contribution in [1.29, 1.82) is 0 Å². The molecular weight excluding hydrogens is 661 g/mol. The number of fused-ring (bicyclic) bond motifs is 1. The number of allylic oxidation sites excluding steroid dienone is 10. The molecular formula is C47H66O6. The fourth-order valence-corrected chi connectivity index (χ4v) is 7.25. The van der Waals surface area contributed by atoms with E-state index in [1.165, 1.54) is 11.1 Å². The number of hydrogen-bond donors (Lipinski definition) is 0. The molecule has 0 amide bonds. The molecule has 0 spiro atoms. The van der Waals surface area contributed by atoms with Gasteiger partial charge in [-0.2, -0.15) is 0 Å². The Morgan fingerprint density at radius 3 is 1.89 bits per heavy atom. The van der Waals surface area contributed by atoms with Crippen LogP contribution in [0.3, 0.4) is 0 Å². The molecule has 3 rings (SSSR count). The van der Waals surface area contributed by atoms with E-state index >= 15 is 9.59 Å². The minimum absolute atomic E-state index is 0.0223. The predicted molar refractivity (Wildman–Crippen MR) is 217 cm³/mol. The zero-order valence-corrected chi connectivity index (χ0v) is 35.2. The number of rotatable bonds is 16. The van der Waals surface area contributed by atoms with Crippen molar-refractivity contribution in [2.75, 3.05) is 13.2 Å². The van der Waals surface area contributed by atoms with Gasteiger partial charge in [0.1, 0.15) is 30.1 Å². The van der Waals surface area contributed by atoms with E-state index in [1.807, 2.05) is 73.6 Å². The van der Waals surface area contributed by atoms with Crippen molar-refractivity contribution < 1.29 is 28.6 Å². The Bertz CT molecular complexity index is 1720. The van der Waals surface area contributed by atoms with E-state index < -0.39 is 28.0 Å². The molecule has 2 aliphatic rings. The van der Waals surface area contributed by atoms with Crippen LogP contribution in [0.4, 0.5) is 0 Å². The highest BCUT2D eigenvalue weighted by molar-refractivity contribution is 6.34. The minimum atomic E-state index is -1.45. The highest BCUT2D eigenvalue weighted by Gasteiger charge is 2.64. The number of ether oxygens (including phenoxy) is 3. The van der Waals surface area contributed by atoms with Crippen LogP contribution in [0.5, 0.6) is 11.5 Å². The second kappa shape index (κ2) is 17.9. The Balaban J connectivity index is 2.37. The molecule has 290 valence electrons. The molecule has 1 aromatic rings. The fourth-order valence-electron chi connectivity index (χ4n) is 7.25. The van der Waals surface area contributed by atoms with Gasteiger partial charge in [0.15, 0.2) is 28.8 Å². The van der Waals surface area contributed by atoms with Gasteiger partial charge in [-0.25, -0.2) is 0 Å². The first-order chi connectivity index (χ1) is 24.6. The first-order valence-corrected chi connectivity index (χ1v) is 19.3. The summed E-state index contributed by atoms with van der Waals surface area (Å²) in [7, 11) is 0. The summed E-state index contributed by atoms with van der Waals surface area (Å²) in [6.07, 6.45) is 12.9. The van der Waals surface area contributed by atoms with Gasteiger partial charge < -0.3 is 14.2 Å². The molecule has 0 saturated carbocycles. The average molecular weight is 727 g/mol. The lowest BCUT2D eigenvalue weighted by Crippen LogP contribution is -2.60. The molecule has 0 aromatic heterocycles. The summed E-state index contributed by atoms with van der Waals surface area (Å²) >= 11 is 0. The second-order valence-electron chi connectivity index (χ2n) is 17.4. The molecule has 0 N–H and O–H groups in total. The van der Waals surface area contributed by atoms with E-state index in [0.717, 1.165) is 29.6 Å². The molecule has 1 aliphatic carbocycles. The Hall–Kier alpha value is -3.93. The first kappa shape index (κ1) is 43.5. The van der Waals surface area contributed by atoms with Crippen LogP contribution >= 0.6 is 0 Å². The van der Waals surface area contributed by atoms with Crippen LogP contribution in [-0.4, -0.2) is 36.2 Å². The fraction of sp³-hybridized carbons (Fsp3) is 0.553. The maximum atomic E-state index is 15.4. The predicted octanol–water partition coefficient (Wildman–Crippen LogP) is 11.9. The zero-order valence-electron chi connectivity index (χ0n) is 35.2. The van der Waals surface area contributed by atoms with Gasteiger partial charge in [0.05, 0.1) is 10.8 Å². The summed E-state index contributed by atoms with van der Waals surface area (Å²) in [6.45, 7) is 28.8. The number of Topliss-reactive ketones (excluding diaryl/α,β-unsaturated/α-hetero) is 3. The van der Waals surface area contributed by atoms with Crippen LogP contribution in [-0.2, 0) is 14.3 Å². The summed E-state index contributed by atoms with van der Waals surface area (Å²) in [5.74, 6) is 0.108. The van der Waals surface area contributed by atoms with Gasteiger partial charge in [-0.15, -0.1) is 0 Å². The van der Waals surface area contributed by atoms with Crippen LogP contribution in [0.15, 0.2) is 87.8 Å². The molecule has 53 heavy (non-hydrogen) atoms. The molecule has 1 aromatic carbocycles. The van der Waals surface area contributed by atoms with Crippen LogP contribution in [0, 0.1) is 22.7 Å². The largest absolute Gasteiger partial charge is 0.490 e. The highest BCUT2D eigenvalue weighted by atomic mass is 16.5. The number of benzene rings is 1. The standard InChI is InChI=1S/C47H66O6/c1-30(2)15-17-35(11)28-47-29-37(19-16-31(3)4)45(12,13)53-43(47)40(42(49)46(14,44(47)50)24-21-32(5)6)41(48)36-18-20-38(51-25-22-33(7)8)39(27-36)52-26-23-34(9)10/h15-16,18,20-23,27,35,37H,17,19,24-26,28-29H2,1-14H3. The summed E-state index contributed by atoms with van der Waals surface area (Å²) < 4.78 is 19.2. The Morgan fingerprint density at radius 1 is 0.792 bits per heavy atom. The molecule has 0 bridgehead atoms. The van der Waals surface area contributed by atoms with Crippen molar-refractivity contribution in [1.82, 2.24) is 0 Å². The maximum Gasteiger partial charge on any atom is 0.200 e. The van der Waals surface area contributed by atoms with Crippen molar-refractivity contribution in [3.8, 4) is 11.5 Å². The maximum absolute atomic E-state index is 15.4. The summed E-state index contributed by atoms with van der Waals surface area (Å²) in [4.78, 5) is 45.4. The smallest absolute Gasteiger partial charge is 0.200 e. The van der Waals surface area contributed by atoms with Crippen molar-refractivity contribution in [3.05, 3.63) is 93.3 Å². The summed E-state index contributed by atoms with van der Waals surface area (Å²) in [6, 6.07) is 5.07. The second-order valence-corrected chi connectivity index (χ2v) is 17.4. The van der Waals surface area contributed by atoms with Gasteiger partial charge in [0, 0.05) is 11.5 Å². The van der Waals surface area contributed by atoms with Crippen LogP contribution in [0.1, 0.15) is 139 Å². The topological polar surface area (TPSA) is 78.9 Å². The quantitative estimate of drug-likeness (QED) is 0.0730. The van der Waals surface area contributed by atoms with Crippen LogP contribution in [0.25, 0.3) is 0 Å². The van der Waals surface area contributed by atoms with Crippen molar-refractivity contribution in [3.63, 3.8) is 0 Å². The van der Waals surface area contributed by atoms with Gasteiger partial charge in [-0.3, -0.25) is 14.4 Å². The lowest BCUT2D eigenvalue weighted by molar-refractivity contribution is -0.163. The first-order valence-electron chi connectivity index (χ1n) is 19.3. The van der Waals surface area contributed by atoms with E-state index in [2.05, 4.69) is 46.8 Å². The monoisotopic (exact) mass is 726 g/mol.